The Hall–Kier alpha value is -3.15. The first kappa shape index (κ1) is 23.9. The van der Waals surface area contributed by atoms with E-state index >= 15 is 0 Å². The molecule has 5 saturated carbocycles. The van der Waals surface area contributed by atoms with Gasteiger partial charge in [-0.15, -0.1) is 0 Å². The second kappa shape index (κ2) is 8.69. The van der Waals surface area contributed by atoms with E-state index in [0.717, 1.165) is 52.4 Å². The lowest BCUT2D eigenvalue weighted by Gasteiger charge is -2.57. The van der Waals surface area contributed by atoms with Crippen molar-refractivity contribution in [2.75, 3.05) is 4.90 Å². The Bertz CT molecular complexity index is 1320. The molecule has 6 nitrogen and oxygen atoms in total. The fourth-order valence-corrected chi connectivity index (χ4v) is 9.15. The Balaban J connectivity index is 1.18. The van der Waals surface area contributed by atoms with Crippen LogP contribution in [0.5, 0.6) is 0 Å². The molecule has 1 saturated heterocycles. The number of urea groups is 1. The van der Waals surface area contributed by atoms with Gasteiger partial charge < -0.3 is 4.57 Å². The molecule has 1 aromatic heterocycles. The normalized spacial score (nSPS) is 32.1. The molecule has 6 fully saturated rings. The van der Waals surface area contributed by atoms with E-state index in [9.17, 15) is 14.4 Å². The number of anilines is 1. The molecule has 38 heavy (non-hydrogen) atoms. The van der Waals surface area contributed by atoms with Crippen molar-refractivity contribution in [2.24, 2.45) is 17.8 Å². The molecule has 0 radical (unpaired) electrons. The molecule has 198 valence electrons. The quantitative estimate of drug-likeness (QED) is 0.384. The molecule has 0 atom stereocenters. The number of imide groups is 2. The largest absolute Gasteiger partial charge is 0.346 e. The second-order valence-corrected chi connectivity index (χ2v) is 12.8. The molecular weight excluding hydrogens is 474 g/mol. The van der Waals surface area contributed by atoms with Crippen molar-refractivity contribution in [2.45, 2.75) is 89.5 Å². The van der Waals surface area contributed by atoms with E-state index in [0.29, 0.717) is 11.7 Å². The zero-order chi connectivity index (χ0) is 26.2. The molecule has 0 spiro atoms. The van der Waals surface area contributed by atoms with E-state index in [4.69, 9.17) is 0 Å². The predicted molar refractivity (Wildman–Crippen MR) is 147 cm³/mol. The highest BCUT2D eigenvalue weighted by Gasteiger charge is 2.51. The van der Waals surface area contributed by atoms with Crippen LogP contribution in [0.15, 0.2) is 35.9 Å². The van der Waals surface area contributed by atoms with E-state index in [1.54, 1.807) is 6.08 Å². The van der Waals surface area contributed by atoms with Gasteiger partial charge in [0.15, 0.2) is 0 Å². The smallest absolute Gasteiger partial charge is 0.335 e. The van der Waals surface area contributed by atoms with Crippen LogP contribution in [0.4, 0.5) is 10.5 Å². The summed E-state index contributed by atoms with van der Waals surface area (Å²) in [7, 11) is 0. The first-order valence-electron chi connectivity index (χ1n) is 14.5. The standard InChI is InChI=1S/C32H37N3O3/c1-19-11-24(20(2)34(19)26-5-3-4-6-26)15-28-29(36)33-31(38)35(30(28)37)27-9-7-25(8-10-27)32-16-21-12-22(17-32)14-23(13-21)18-32/h7-11,15,21-23,26H,3-6,12-14,16-18H2,1-2H3,(H,33,36,38)/b28-15+. The Morgan fingerprint density at radius 2 is 1.50 bits per heavy atom. The van der Waals surface area contributed by atoms with E-state index in [2.05, 4.69) is 35.9 Å². The number of nitrogens with one attached hydrogen (secondary N) is 1. The van der Waals surface area contributed by atoms with Crippen LogP contribution in [0.3, 0.4) is 0 Å². The maximum absolute atomic E-state index is 13.6. The number of rotatable bonds is 4. The van der Waals surface area contributed by atoms with Crippen molar-refractivity contribution >= 4 is 29.6 Å². The Kier molecular flexibility index (Phi) is 5.47. The highest BCUT2D eigenvalue weighted by Crippen LogP contribution is 2.60. The predicted octanol–water partition coefficient (Wildman–Crippen LogP) is 6.35. The van der Waals surface area contributed by atoms with Gasteiger partial charge in [-0.05, 0) is 124 Å². The van der Waals surface area contributed by atoms with E-state index in [-0.39, 0.29) is 11.0 Å². The average Bonchev–Trinajstić information content (AvgIpc) is 3.48. The minimum absolute atomic E-state index is 0.00133. The van der Waals surface area contributed by atoms with Crippen LogP contribution in [0.2, 0.25) is 0 Å². The number of nitrogens with zero attached hydrogens (tertiary/aromatic N) is 2. The second-order valence-electron chi connectivity index (χ2n) is 12.8. The van der Waals surface area contributed by atoms with Crippen molar-refractivity contribution < 1.29 is 14.4 Å². The number of carbonyl (C=O) groups is 3. The van der Waals surface area contributed by atoms with Crippen molar-refractivity contribution in [3.63, 3.8) is 0 Å². The molecular formula is C32H37N3O3. The molecule has 1 aliphatic heterocycles. The van der Waals surface area contributed by atoms with Gasteiger partial charge in [-0.1, -0.05) is 25.0 Å². The van der Waals surface area contributed by atoms with Crippen molar-refractivity contribution in [1.82, 2.24) is 9.88 Å². The van der Waals surface area contributed by atoms with Crippen molar-refractivity contribution in [3.05, 3.63) is 58.4 Å². The van der Waals surface area contributed by atoms with Crippen LogP contribution in [0.1, 0.15) is 92.8 Å². The van der Waals surface area contributed by atoms with Gasteiger partial charge in [0.2, 0.25) is 0 Å². The van der Waals surface area contributed by atoms with Gasteiger partial charge in [-0.2, -0.15) is 0 Å². The highest BCUT2D eigenvalue weighted by molar-refractivity contribution is 6.39. The molecule has 6 heteroatoms. The van der Waals surface area contributed by atoms with Crippen molar-refractivity contribution in [1.29, 1.82) is 0 Å². The summed E-state index contributed by atoms with van der Waals surface area (Å²) in [5, 5.41) is 2.40. The van der Waals surface area contributed by atoms with Crippen molar-refractivity contribution in [3.8, 4) is 0 Å². The fraction of sp³-hybridized carbons (Fsp3) is 0.531. The molecule has 1 aromatic carbocycles. The van der Waals surface area contributed by atoms with Crippen LogP contribution >= 0.6 is 0 Å². The summed E-state index contributed by atoms with van der Waals surface area (Å²) < 4.78 is 2.34. The third-order valence-corrected chi connectivity index (χ3v) is 10.4. The van der Waals surface area contributed by atoms with E-state index < -0.39 is 17.8 Å². The molecule has 8 rings (SSSR count). The Labute approximate surface area is 224 Å². The molecule has 0 unspecified atom stereocenters. The average molecular weight is 512 g/mol. The summed E-state index contributed by atoms with van der Waals surface area (Å²) in [6.07, 6.45) is 14.4. The Morgan fingerprint density at radius 1 is 0.895 bits per heavy atom. The summed E-state index contributed by atoms with van der Waals surface area (Å²) in [5.74, 6) is 1.36. The number of aromatic nitrogens is 1. The fourth-order valence-electron chi connectivity index (χ4n) is 9.15. The summed E-state index contributed by atoms with van der Waals surface area (Å²) >= 11 is 0. The number of benzene rings is 1. The molecule has 4 amide bonds. The molecule has 6 aliphatic rings. The summed E-state index contributed by atoms with van der Waals surface area (Å²) in [6.45, 7) is 4.13. The molecule has 2 heterocycles. The summed E-state index contributed by atoms with van der Waals surface area (Å²) in [5.41, 5.74) is 5.17. The van der Waals surface area contributed by atoms with Gasteiger partial charge in [0.05, 0.1) is 5.69 Å². The maximum atomic E-state index is 13.6. The number of carbonyl (C=O) groups excluding carboxylic acids is 3. The minimum Gasteiger partial charge on any atom is -0.346 e. The van der Waals surface area contributed by atoms with Gasteiger partial charge in [-0.3, -0.25) is 14.9 Å². The van der Waals surface area contributed by atoms with E-state index in [1.807, 2.05) is 18.2 Å². The summed E-state index contributed by atoms with van der Waals surface area (Å²) in [6, 6.07) is 9.87. The molecule has 2 aromatic rings. The third kappa shape index (κ3) is 3.70. The molecule has 1 N–H and O–H groups in total. The lowest BCUT2D eigenvalue weighted by molar-refractivity contribution is -0.122. The molecule has 4 bridgehead atoms. The number of amides is 4. The highest BCUT2D eigenvalue weighted by atomic mass is 16.2. The number of barbiturate groups is 1. The monoisotopic (exact) mass is 511 g/mol. The Morgan fingerprint density at radius 3 is 2.11 bits per heavy atom. The van der Waals surface area contributed by atoms with Gasteiger partial charge in [0.1, 0.15) is 5.57 Å². The number of hydrogen-bond donors (Lipinski definition) is 1. The number of hydrogen-bond acceptors (Lipinski definition) is 3. The van der Waals surface area contributed by atoms with Gasteiger partial charge in [0.25, 0.3) is 11.8 Å². The first-order chi connectivity index (χ1) is 18.3. The van der Waals surface area contributed by atoms with Crippen LogP contribution in [-0.4, -0.2) is 22.4 Å². The van der Waals surface area contributed by atoms with Crippen LogP contribution in [-0.2, 0) is 15.0 Å². The lowest BCUT2D eigenvalue weighted by atomic mass is 9.48. The SMILES string of the molecule is Cc1cc(/C=C2\C(=O)NC(=O)N(c3ccc(C45CC6CC(CC(C6)C4)C5)cc3)C2=O)c(C)n1C1CCCC1. The van der Waals surface area contributed by atoms with Gasteiger partial charge in [-0.25, -0.2) is 9.69 Å². The maximum Gasteiger partial charge on any atom is 0.335 e. The van der Waals surface area contributed by atoms with Crippen LogP contribution < -0.4 is 10.2 Å². The third-order valence-electron chi connectivity index (χ3n) is 10.4. The van der Waals surface area contributed by atoms with Crippen LogP contribution in [0.25, 0.3) is 6.08 Å². The van der Waals surface area contributed by atoms with Gasteiger partial charge in [0, 0.05) is 17.4 Å². The zero-order valence-electron chi connectivity index (χ0n) is 22.5. The number of aryl methyl sites for hydroxylation is 1. The minimum atomic E-state index is -0.684. The van der Waals surface area contributed by atoms with E-state index in [1.165, 1.54) is 56.9 Å². The lowest BCUT2D eigenvalue weighted by Crippen LogP contribution is -2.54. The molecule has 5 aliphatic carbocycles. The van der Waals surface area contributed by atoms with Gasteiger partial charge >= 0.3 is 6.03 Å². The zero-order valence-corrected chi connectivity index (χ0v) is 22.5. The topological polar surface area (TPSA) is 71.4 Å². The summed E-state index contributed by atoms with van der Waals surface area (Å²) in [4.78, 5) is 40.4. The van der Waals surface area contributed by atoms with Crippen LogP contribution in [0, 0.1) is 31.6 Å². The first-order valence-corrected chi connectivity index (χ1v) is 14.5.